The van der Waals surface area contributed by atoms with Gasteiger partial charge in [0.2, 0.25) is 15.9 Å². The summed E-state index contributed by atoms with van der Waals surface area (Å²) in [5.41, 5.74) is 0. The molecule has 29 heavy (non-hydrogen) atoms. The highest BCUT2D eigenvalue weighted by molar-refractivity contribution is 7.91. The highest BCUT2D eigenvalue weighted by Gasteiger charge is 2.40. The zero-order chi connectivity index (χ0) is 21.2. The Morgan fingerprint density at radius 3 is 2.38 bits per heavy atom. The van der Waals surface area contributed by atoms with Crippen LogP contribution in [0.25, 0.3) is 0 Å². The number of thiophene rings is 1. The summed E-state index contributed by atoms with van der Waals surface area (Å²) in [6.07, 6.45) is 2.57. The summed E-state index contributed by atoms with van der Waals surface area (Å²) in [4.78, 5) is 14.7. The van der Waals surface area contributed by atoms with Gasteiger partial charge >= 0.3 is 0 Å². The molecule has 1 aromatic heterocycles. The number of nitrogens with zero attached hydrogens (tertiary/aromatic N) is 3. The summed E-state index contributed by atoms with van der Waals surface area (Å²) in [5.74, 6) is -0.188. The number of piperazine rings is 1. The zero-order valence-corrected chi connectivity index (χ0v) is 19.5. The molecule has 1 aromatic rings. The molecule has 0 saturated carbocycles. The number of rotatable bonds is 6. The molecule has 3 heterocycles. The highest BCUT2D eigenvalue weighted by Crippen LogP contribution is 2.29. The number of hydrogen-bond acceptors (Lipinski definition) is 6. The summed E-state index contributed by atoms with van der Waals surface area (Å²) in [7, 11) is -7.10. The monoisotopic (exact) mass is 483 g/mol. The van der Waals surface area contributed by atoms with E-state index < -0.39 is 26.1 Å². The minimum absolute atomic E-state index is 0.0339. The summed E-state index contributed by atoms with van der Waals surface area (Å²) in [5, 5.41) is 0. The smallest absolute Gasteiger partial charge is 0.252 e. The molecule has 1 unspecified atom stereocenters. The van der Waals surface area contributed by atoms with E-state index in [1.165, 1.54) is 14.7 Å². The molecule has 1 amide bonds. The fourth-order valence-electron chi connectivity index (χ4n) is 3.78. The Morgan fingerprint density at radius 2 is 1.79 bits per heavy atom. The van der Waals surface area contributed by atoms with Gasteiger partial charge in [0.25, 0.3) is 10.0 Å². The lowest BCUT2D eigenvalue weighted by Crippen LogP contribution is -2.57. The topological polar surface area (TPSA) is 95.1 Å². The Kier molecular flexibility index (Phi) is 7.27. The number of hydrogen-bond donors (Lipinski definition) is 0. The molecule has 3 rings (SSSR count). The third-order valence-corrected chi connectivity index (χ3v) is 10.9. The summed E-state index contributed by atoms with van der Waals surface area (Å²) >= 11 is 6.87. The number of carbonyl (C=O) groups is 1. The van der Waals surface area contributed by atoms with Gasteiger partial charge in [0, 0.05) is 32.7 Å². The van der Waals surface area contributed by atoms with Crippen LogP contribution < -0.4 is 0 Å². The van der Waals surface area contributed by atoms with E-state index in [1.807, 2.05) is 0 Å². The van der Waals surface area contributed by atoms with Crippen LogP contribution in [0.4, 0.5) is 0 Å². The first-order valence-corrected chi connectivity index (χ1v) is 13.9. The molecule has 8 nitrogen and oxygen atoms in total. The summed E-state index contributed by atoms with van der Waals surface area (Å²) < 4.78 is 53.9. The van der Waals surface area contributed by atoms with Crippen molar-refractivity contribution in [3.63, 3.8) is 0 Å². The number of amides is 1. The van der Waals surface area contributed by atoms with E-state index in [1.54, 1.807) is 17.9 Å². The van der Waals surface area contributed by atoms with E-state index in [-0.39, 0.29) is 42.0 Å². The predicted octanol–water partition coefficient (Wildman–Crippen LogP) is 1.83. The van der Waals surface area contributed by atoms with Gasteiger partial charge < -0.3 is 4.90 Å². The van der Waals surface area contributed by atoms with Crippen molar-refractivity contribution in [2.45, 2.75) is 42.9 Å². The molecular weight excluding hydrogens is 458 g/mol. The van der Waals surface area contributed by atoms with Gasteiger partial charge in [0.15, 0.2) is 0 Å². The van der Waals surface area contributed by atoms with Gasteiger partial charge in [0.1, 0.15) is 10.3 Å². The van der Waals surface area contributed by atoms with Crippen molar-refractivity contribution in [3.05, 3.63) is 16.5 Å². The van der Waals surface area contributed by atoms with Gasteiger partial charge in [0.05, 0.1) is 10.1 Å². The van der Waals surface area contributed by atoms with Gasteiger partial charge in [-0.25, -0.2) is 16.8 Å². The molecule has 2 aliphatic rings. The van der Waals surface area contributed by atoms with Crippen LogP contribution in [-0.2, 0) is 24.8 Å². The Morgan fingerprint density at radius 1 is 1.10 bits per heavy atom. The van der Waals surface area contributed by atoms with Crippen molar-refractivity contribution in [2.24, 2.45) is 0 Å². The predicted molar refractivity (Wildman–Crippen MR) is 113 cm³/mol. The van der Waals surface area contributed by atoms with Gasteiger partial charge in [-0.1, -0.05) is 24.9 Å². The first kappa shape index (κ1) is 23.0. The maximum Gasteiger partial charge on any atom is 0.252 e. The number of sulfonamides is 2. The van der Waals surface area contributed by atoms with E-state index in [9.17, 15) is 21.6 Å². The molecular formula is C17H26ClN3O5S3. The average Bonchev–Trinajstić information content (AvgIpc) is 3.15. The molecule has 2 aliphatic heterocycles. The maximum atomic E-state index is 13.1. The van der Waals surface area contributed by atoms with Crippen molar-refractivity contribution in [1.29, 1.82) is 0 Å². The van der Waals surface area contributed by atoms with Gasteiger partial charge in [-0.15, -0.1) is 11.3 Å². The second kappa shape index (κ2) is 9.19. The van der Waals surface area contributed by atoms with Gasteiger partial charge in [-0.3, -0.25) is 4.79 Å². The van der Waals surface area contributed by atoms with Crippen LogP contribution in [-0.4, -0.2) is 80.8 Å². The first-order chi connectivity index (χ1) is 13.7. The quantitative estimate of drug-likeness (QED) is 0.615. The van der Waals surface area contributed by atoms with E-state index >= 15 is 0 Å². The fourth-order valence-corrected chi connectivity index (χ4v) is 8.58. The fraction of sp³-hybridized carbons (Fsp3) is 0.706. The highest BCUT2D eigenvalue weighted by atomic mass is 35.5. The second-order valence-electron chi connectivity index (χ2n) is 7.23. The summed E-state index contributed by atoms with van der Waals surface area (Å²) in [6, 6.07) is 2.35. The Hall–Kier alpha value is -0.720. The molecule has 2 fully saturated rings. The van der Waals surface area contributed by atoms with Crippen LogP contribution in [0.5, 0.6) is 0 Å². The van der Waals surface area contributed by atoms with Crippen molar-refractivity contribution in [2.75, 3.05) is 38.5 Å². The van der Waals surface area contributed by atoms with Crippen LogP contribution in [0.1, 0.15) is 32.6 Å². The Labute approximate surface area is 181 Å². The standard InChI is InChI=1S/C17H26ClN3O5S3/c1-2-13-28(23,24)21-8-4-3-5-14(21)17(22)19-9-11-20(12-10-19)29(25,26)16-7-6-15(18)27-16/h6-7,14H,2-5,8-13H2,1H3. The number of carbonyl (C=O) groups excluding carboxylic acids is 1. The lowest BCUT2D eigenvalue weighted by Gasteiger charge is -2.39. The molecule has 0 aromatic carbocycles. The molecule has 0 aliphatic carbocycles. The molecule has 12 heteroatoms. The van der Waals surface area contributed by atoms with Crippen LogP contribution in [0.15, 0.2) is 16.3 Å². The lowest BCUT2D eigenvalue weighted by atomic mass is 10.0. The summed E-state index contributed by atoms with van der Waals surface area (Å²) in [6.45, 7) is 3.02. The van der Waals surface area contributed by atoms with Gasteiger partial charge in [-0.05, 0) is 31.4 Å². The first-order valence-electron chi connectivity index (χ1n) is 9.70. The molecule has 0 bridgehead atoms. The van der Waals surface area contributed by atoms with Crippen LogP contribution in [0.3, 0.4) is 0 Å². The van der Waals surface area contributed by atoms with Gasteiger partial charge in [-0.2, -0.15) is 8.61 Å². The molecule has 2 saturated heterocycles. The minimum atomic E-state index is -3.63. The number of piperidine rings is 1. The molecule has 0 radical (unpaired) electrons. The van der Waals surface area contributed by atoms with Crippen molar-refractivity contribution in [3.8, 4) is 0 Å². The molecule has 0 N–H and O–H groups in total. The van der Waals surface area contributed by atoms with Crippen LogP contribution in [0.2, 0.25) is 4.34 Å². The van der Waals surface area contributed by atoms with Crippen molar-refractivity contribution < 1.29 is 21.6 Å². The zero-order valence-electron chi connectivity index (χ0n) is 16.3. The Bertz CT molecular complexity index is 939. The normalized spacial score (nSPS) is 22.7. The van der Waals surface area contributed by atoms with E-state index in [0.717, 1.165) is 24.2 Å². The SMILES string of the molecule is CCCS(=O)(=O)N1CCCCC1C(=O)N1CCN(S(=O)(=O)c2ccc(Cl)s2)CC1. The third-order valence-electron chi connectivity index (χ3n) is 5.25. The minimum Gasteiger partial charge on any atom is -0.339 e. The van der Waals surface area contributed by atoms with E-state index in [0.29, 0.717) is 23.7 Å². The Balaban J connectivity index is 1.67. The molecule has 1 atom stereocenters. The van der Waals surface area contributed by atoms with E-state index in [4.69, 9.17) is 11.6 Å². The molecule has 0 spiro atoms. The van der Waals surface area contributed by atoms with Crippen LogP contribution in [0, 0.1) is 0 Å². The van der Waals surface area contributed by atoms with E-state index in [2.05, 4.69) is 0 Å². The largest absolute Gasteiger partial charge is 0.339 e. The molecule has 164 valence electrons. The van der Waals surface area contributed by atoms with Crippen LogP contribution >= 0.6 is 22.9 Å². The van der Waals surface area contributed by atoms with Crippen molar-refractivity contribution in [1.82, 2.24) is 13.5 Å². The average molecular weight is 484 g/mol. The maximum absolute atomic E-state index is 13.1. The third kappa shape index (κ3) is 4.96. The lowest BCUT2D eigenvalue weighted by molar-refractivity contribution is -0.137. The van der Waals surface area contributed by atoms with Crippen molar-refractivity contribution >= 4 is 48.9 Å². The number of halogens is 1. The second-order valence-corrected chi connectivity index (χ2v) is 13.1.